The molecular weight excluding hydrogens is 300 g/mol. The monoisotopic (exact) mass is 312 g/mol. The fraction of sp³-hybridized carbons (Fsp3) is 0.667. The lowest BCUT2D eigenvalue weighted by Gasteiger charge is -2.06. The Bertz CT molecular complexity index is 180. The smallest absolute Gasteiger partial charge is 0.333 e. The van der Waals surface area contributed by atoms with Crippen LogP contribution in [-0.4, -0.2) is 22.7 Å². The first kappa shape index (κ1) is 13.2. The molecule has 1 unspecified atom stereocenters. The van der Waals surface area contributed by atoms with Crippen molar-refractivity contribution in [2.24, 2.45) is 0 Å². The molecular formula is C9H14Br2O2. The summed E-state index contributed by atoms with van der Waals surface area (Å²) in [6.45, 7) is 5.61. The van der Waals surface area contributed by atoms with Crippen molar-refractivity contribution in [1.82, 2.24) is 0 Å². The van der Waals surface area contributed by atoms with Crippen LogP contribution in [-0.2, 0) is 9.53 Å². The van der Waals surface area contributed by atoms with Gasteiger partial charge in [0, 0.05) is 15.7 Å². The van der Waals surface area contributed by atoms with Crippen LogP contribution in [0.15, 0.2) is 12.2 Å². The average Bonchev–Trinajstić information content (AvgIpc) is 2.11. The Labute approximate surface area is 96.0 Å². The predicted molar refractivity (Wildman–Crippen MR) is 61.5 cm³/mol. The largest absolute Gasteiger partial charge is 0.462 e. The van der Waals surface area contributed by atoms with E-state index < -0.39 is 0 Å². The molecule has 0 bridgehead atoms. The number of carbonyl (C=O) groups is 1. The molecule has 0 rings (SSSR count). The maximum Gasteiger partial charge on any atom is 0.333 e. The van der Waals surface area contributed by atoms with Crippen molar-refractivity contribution in [2.45, 2.75) is 24.6 Å². The fourth-order valence-electron chi connectivity index (χ4n) is 0.670. The SMILES string of the molecule is C=C(C)C(=O)OCCCC(Br)CBr. The molecule has 0 heterocycles. The van der Waals surface area contributed by atoms with Gasteiger partial charge in [-0.25, -0.2) is 4.79 Å². The van der Waals surface area contributed by atoms with E-state index in [0.29, 0.717) is 17.0 Å². The summed E-state index contributed by atoms with van der Waals surface area (Å²) in [6.07, 6.45) is 1.87. The van der Waals surface area contributed by atoms with E-state index >= 15 is 0 Å². The number of ether oxygens (including phenoxy) is 1. The lowest BCUT2D eigenvalue weighted by atomic mass is 10.3. The molecule has 2 nitrogen and oxygen atoms in total. The van der Waals surface area contributed by atoms with Crippen molar-refractivity contribution in [3.63, 3.8) is 0 Å². The molecule has 13 heavy (non-hydrogen) atoms. The molecule has 0 spiro atoms. The number of hydrogen-bond acceptors (Lipinski definition) is 2. The summed E-state index contributed by atoms with van der Waals surface area (Å²) in [5, 5.41) is 0.918. The molecule has 0 saturated heterocycles. The highest BCUT2D eigenvalue weighted by Gasteiger charge is 2.04. The molecule has 0 aliphatic rings. The lowest BCUT2D eigenvalue weighted by Crippen LogP contribution is -2.08. The van der Waals surface area contributed by atoms with Crippen LogP contribution in [0, 0.1) is 0 Å². The highest BCUT2D eigenvalue weighted by molar-refractivity contribution is 9.12. The molecule has 0 aliphatic heterocycles. The summed E-state index contributed by atoms with van der Waals surface area (Å²) >= 11 is 6.82. The quantitative estimate of drug-likeness (QED) is 0.326. The van der Waals surface area contributed by atoms with E-state index in [4.69, 9.17) is 4.74 Å². The molecule has 0 aromatic carbocycles. The number of carbonyl (C=O) groups excluding carboxylic acids is 1. The van der Waals surface area contributed by atoms with E-state index in [1.807, 2.05) is 0 Å². The molecule has 0 aliphatic carbocycles. The van der Waals surface area contributed by atoms with Gasteiger partial charge in [0.05, 0.1) is 6.61 Å². The molecule has 0 amide bonds. The maximum atomic E-state index is 10.9. The third kappa shape index (κ3) is 7.26. The number of rotatable bonds is 6. The average molecular weight is 314 g/mol. The molecule has 0 saturated carbocycles. The van der Waals surface area contributed by atoms with Gasteiger partial charge in [0.15, 0.2) is 0 Å². The summed E-state index contributed by atoms with van der Waals surface area (Å²) < 4.78 is 4.92. The Morgan fingerprint density at radius 3 is 2.69 bits per heavy atom. The van der Waals surface area contributed by atoms with Crippen molar-refractivity contribution in [3.8, 4) is 0 Å². The van der Waals surface area contributed by atoms with Crippen molar-refractivity contribution in [1.29, 1.82) is 0 Å². The first-order valence-corrected chi connectivity index (χ1v) is 6.14. The second-order valence-corrected chi connectivity index (χ2v) is 4.75. The molecule has 1 atom stereocenters. The van der Waals surface area contributed by atoms with Crippen LogP contribution in [0.5, 0.6) is 0 Å². The van der Waals surface area contributed by atoms with E-state index in [2.05, 4.69) is 38.4 Å². The van der Waals surface area contributed by atoms with Gasteiger partial charge in [-0.15, -0.1) is 0 Å². The normalized spacial score (nSPS) is 12.2. The van der Waals surface area contributed by atoms with Crippen LogP contribution in [0.25, 0.3) is 0 Å². The fourth-order valence-corrected chi connectivity index (χ4v) is 1.32. The van der Waals surface area contributed by atoms with Gasteiger partial charge < -0.3 is 4.74 Å². The number of esters is 1. The van der Waals surface area contributed by atoms with Crippen LogP contribution < -0.4 is 0 Å². The molecule has 0 aromatic rings. The van der Waals surface area contributed by atoms with Crippen molar-refractivity contribution < 1.29 is 9.53 Å². The van der Waals surface area contributed by atoms with Crippen LogP contribution in [0.1, 0.15) is 19.8 Å². The zero-order chi connectivity index (χ0) is 10.3. The summed E-state index contributed by atoms with van der Waals surface area (Å²) in [4.78, 5) is 11.4. The summed E-state index contributed by atoms with van der Waals surface area (Å²) in [5.41, 5.74) is 0.455. The summed E-state index contributed by atoms with van der Waals surface area (Å²) in [5.74, 6) is -0.301. The highest BCUT2D eigenvalue weighted by Crippen LogP contribution is 2.10. The van der Waals surface area contributed by atoms with Gasteiger partial charge in [-0.2, -0.15) is 0 Å². The zero-order valence-electron chi connectivity index (χ0n) is 7.69. The first-order valence-electron chi connectivity index (χ1n) is 4.10. The van der Waals surface area contributed by atoms with Gasteiger partial charge in [-0.1, -0.05) is 38.4 Å². The van der Waals surface area contributed by atoms with Crippen LogP contribution in [0.3, 0.4) is 0 Å². The number of alkyl halides is 2. The molecule has 0 radical (unpaired) electrons. The van der Waals surface area contributed by atoms with Crippen molar-refractivity contribution >= 4 is 37.8 Å². The van der Waals surface area contributed by atoms with E-state index in [-0.39, 0.29) is 5.97 Å². The highest BCUT2D eigenvalue weighted by atomic mass is 79.9. The van der Waals surface area contributed by atoms with Gasteiger partial charge in [-0.05, 0) is 19.8 Å². The zero-order valence-corrected chi connectivity index (χ0v) is 10.9. The standard InChI is InChI=1S/C9H14Br2O2/c1-7(2)9(12)13-5-3-4-8(11)6-10/h8H,1,3-6H2,2H3. The Balaban J connectivity index is 3.36. The number of hydrogen-bond donors (Lipinski definition) is 0. The van der Waals surface area contributed by atoms with Gasteiger partial charge >= 0.3 is 5.97 Å². The Morgan fingerprint density at radius 2 is 2.23 bits per heavy atom. The molecule has 4 heteroatoms. The minimum atomic E-state index is -0.301. The van der Waals surface area contributed by atoms with Crippen LogP contribution >= 0.6 is 31.9 Å². The summed E-state index contributed by atoms with van der Waals surface area (Å²) in [7, 11) is 0. The van der Waals surface area contributed by atoms with Gasteiger partial charge in [-0.3, -0.25) is 0 Å². The second-order valence-electron chi connectivity index (χ2n) is 2.81. The first-order chi connectivity index (χ1) is 6.07. The Hall–Kier alpha value is 0.170. The molecule has 0 N–H and O–H groups in total. The van der Waals surface area contributed by atoms with E-state index in [0.717, 1.165) is 18.2 Å². The Morgan fingerprint density at radius 1 is 1.62 bits per heavy atom. The maximum absolute atomic E-state index is 10.9. The van der Waals surface area contributed by atoms with Crippen molar-refractivity contribution in [3.05, 3.63) is 12.2 Å². The third-order valence-electron chi connectivity index (χ3n) is 1.41. The topological polar surface area (TPSA) is 26.3 Å². The molecule has 0 fully saturated rings. The minimum absolute atomic E-state index is 0.301. The minimum Gasteiger partial charge on any atom is -0.462 e. The van der Waals surface area contributed by atoms with Crippen LogP contribution in [0.2, 0.25) is 0 Å². The van der Waals surface area contributed by atoms with Gasteiger partial charge in [0.25, 0.3) is 0 Å². The molecule has 0 aromatic heterocycles. The third-order valence-corrected chi connectivity index (χ3v) is 3.84. The van der Waals surface area contributed by atoms with Crippen LogP contribution in [0.4, 0.5) is 0 Å². The van der Waals surface area contributed by atoms with E-state index in [1.54, 1.807) is 6.92 Å². The lowest BCUT2D eigenvalue weighted by molar-refractivity contribution is -0.139. The molecule has 76 valence electrons. The van der Waals surface area contributed by atoms with Gasteiger partial charge in [0.1, 0.15) is 0 Å². The number of halogens is 2. The van der Waals surface area contributed by atoms with Crippen molar-refractivity contribution in [2.75, 3.05) is 11.9 Å². The summed E-state index contributed by atoms with van der Waals surface area (Å²) in [6, 6.07) is 0. The van der Waals surface area contributed by atoms with Gasteiger partial charge in [0.2, 0.25) is 0 Å². The Kier molecular flexibility index (Phi) is 7.66. The second kappa shape index (κ2) is 7.56. The predicted octanol–water partition coefficient (Wildman–Crippen LogP) is 3.04. The van der Waals surface area contributed by atoms with E-state index in [1.165, 1.54) is 0 Å². The van der Waals surface area contributed by atoms with E-state index in [9.17, 15) is 4.79 Å².